The van der Waals surface area contributed by atoms with Crippen molar-refractivity contribution in [2.45, 2.75) is 33.2 Å². The second kappa shape index (κ2) is 6.18. The van der Waals surface area contributed by atoms with E-state index in [2.05, 4.69) is 12.0 Å². The summed E-state index contributed by atoms with van der Waals surface area (Å²) in [7, 11) is 1.92. The third-order valence-electron chi connectivity index (χ3n) is 2.58. The minimum Gasteiger partial charge on any atom is -0.373 e. The van der Waals surface area contributed by atoms with Crippen LogP contribution in [-0.4, -0.2) is 29.2 Å². The molecule has 0 atom stereocenters. The Balaban J connectivity index is 2.86. The lowest BCUT2D eigenvalue weighted by atomic mass is 10.3. The topological polar surface area (TPSA) is 55.2 Å². The Morgan fingerprint density at radius 2 is 2.18 bits per heavy atom. The monoisotopic (exact) mass is 237 g/mol. The molecule has 0 aliphatic heterocycles. The Morgan fingerprint density at radius 3 is 2.71 bits per heavy atom. The molecule has 0 N–H and O–H groups in total. The molecule has 0 amide bonds. The fraction of sp³-hybridized carbons (Fsp3) is 0.583. The number of hydrogen-bond acceptors (Lipinski definition) is 4. The molecule has 0 saturated carbocycles. The third-order valence-corrected chi connectivity index (χ3v) is 2.58. The summed E-state index contributed by atoms with van der Waals surface area (Å²) < 4.78 is 1.20. The molecule has 17 heavy (non-hydrogen) atoms. The van der Waals surface area contributed by atoms with E-state index in [9.17, 15) is 9.59 Å². The first-order valence-corrected chi connectivity index (χ1v) is 5.88. The number of carbonyl (C=O) groups excluding carboxylic acids is 1. The second-order valence-electron chi connectivity index (χ2n) is 4.02. The maximum absolute atomic E-state index is 11.7. The van der Waals surface area contributed by atoms with Crippen molar-refractivity contribution in [3.8, 4) is 0 Å². The van der Waals surface area contributed by atoms with Crippen LogP contribution in [0.25, 0.3) is 0 Å². The first kappa shape index (κ1) is 13.4. The first-order chi connectivity index (χ1) is 8.08. The van der Waals surface area contributed by atoms with Crippen LogP contribution in [0.3, 0.4) is 0 Å². The largest absolute Gasteiger partial charge is 0.373 e. The molecule has 0 radical (unpaired) electrons. The third kappa shape index (κ3) is 3.69. The molecule has 1 heterocycles. The summed E-state index contributed by atoms with van der Waals surface area (Å²) in [6, 6.07) is 1.52. The molecule has 0 saturated heterocycles. The van der Waals surface area contributed by atoms with E-state index in [1.54, 1.807) is 13.1 Å². The van der Waals surface area contributed by atoms with E-state index in [1.165, 1.54) is 10.7 Å². The fourth-order valence-electron chi connectivity index (χ4n) is 1.49. The van der Waals surface area contributed by atoms with Crippen molar-refractivity contribution >= 4 is 11.5 Å². The number of Topliss-reactive ketones (excluding diaryl/α,β-unsaturated/α-hetero) is 1. The number of anilines is 1. The molecule has 0 spiro atoms. The van der Waals surface area contributed by atoms with Gasteiger partial charge in [-0.2, -0.15) is 5.10 Å². The minimum absolute atomic E-state index is 0.00858. The van der Waals surface area contributed by atoms with Gasteiger partial charge >= 0.3 is 0 Å². The Morgan fingerprint density at radius 1 is 1.47 bits per heavy atom. The quantitative estimate of drug-likeness (QED) is 0.742. The van der Waals surface area contributed by atoms with E-state index >= 15 is 0 Å². The van der Waals surface area contributed by atoms with Gasteiger partial charge in [0.15, 0.2) is 5.78 Å². The highest BCUT2D eigenvalue weighted by Crippen LogP contribution is 2.06. The van der Waals surface area contributed by atoms with Gasteiger partial charge in [-0.25, -0.2) is 4.68 Å². The van der Waals surface area contributed by atoms with Gasteiger partial charge in [-0.3, -0.25) is 9.59 Å². The van der Waals surface area contributed by atoms with E-state index in [4.69, 9.17) is 0 Å². The maximum Gasteiger partial charge on any atom is 0.269 e. The Kier molecular flexibility index (Phi) is 4.87. The van der Waals surface area contributed by atoms with E-state index in [-0.39, 0.29) is 17.9 Å². The summed E-state index contributed by atoms with van der Waals surface area (Å²) in [5, 5.41) is 4.01. The smallest absolute Gasteiger partial charge is 0.269 e. The van der Waals surface area contributed by atoms with Crippen LogP contribution in [0.15, 0.2) is 17.1 Å². The van der Waals surface area contributed by atoms with E-state index in [0.717, 1.165) is 18.7 Å². The average molecular weight is 237 g/mol. The lowest BCUT2D eigenvalue weighted by Gasteiger charge is -2.17. The molecule has 1 rings (SSSR count). The van der Waals surface area contributed by atoms with Crippen LogP contribution in [0, 0.1) is 0 Å². The number of aromatic nitrogens is 2. The van der Waals surface area contributed by atoms with Gasteiger partial charge in [0.2, 0.25) is 0 Å². The van der Waals surface area contributed by atoms with Crippen molar-refractivity contribution in [2.24, 2.45) is 0 Å². The van der Waals surface area contributed by atoms with Gasteiger partial charge in [-0.15, -0.1) is 0 Å². The predicted octanol–water partition coefficient (Wildman–Crippen LogP) is 1.07. The summed E-state index contributed by atoms with van der Waals surface area (Å²) in [5.41, 5.74) is 0.560. The van der Waals surface area contributed by atoms with Gasteiger partial charge in [0.25, 0.3) is 5.56 Å². The molecule has 1 aromatic heterocycles. The van der Waals surface area contributed by atoms with Crippen LogP contribution in [-0.2, 0) is 11.3 Å². The van der Waals surface area contributed by atoms with Crippen molar-refractivity contribution in [3.05, 3.63) is 22.6 Å². The maximum atomic E-state index is 11.7. The summed E-state index contributed by atoms with van der Waals surface area (Å²) in [6.45, 7) is 4.79. The average Bonchev–Trinajstić information content (AvgIpc) is 2.31. The van der Waals surface area contributed by atoms with Crippen LogP contribution >= 0.6 is 0 Å². The van der Waals surface area contributed by atoms with E-state index < -0.39 is 0 Å². The molecular weight excluding hydrogens is 218 g/mol. The summed E-state index contributed by atoms with van der Waals surface area (Å²) in [5.74, 6) is 0.00858. The van der Waals surface area contributed by atoms with Crippen LogP contribution in [0.2, 0.25) is 0 Å². The molecule has 0 aliphatic carbocycles. The van der Waals surface area contributed by atoms with Gasteiger partial charge in [-0.1, -0.05) is 13.8 Å². The zero-order chi connectivity index (χ0) is 12.8. The highest BCUT2D eigenvalue weighted by Gasteiger charge is 2.06. The highest BCUT2D eigenvalue weighted by molar-refractivity contribution is 5.77. The SMILES string of the molecule is CCCN(C)c1cnn(CC(=O)CC)c(=O)c1. The molecule has 0 unspecified atom stereocenters. The molecule has 0 fully saturated rings. The normalized spacial score (nSPS) is 10.3. The molecule has 5 nitrogen and oxygen atoms in total. The summed E-state index contributed by atoms with van der Waals surface area (Å²) in [6.07, 6.45) is 3.06. The van der Waals surface area contributed by atoms with E-state index in [0.29, 0.717) is 6.42 Å². The lowest BCUT2D eigenvalue weighted by Crippen LogP contribution is -2.28. The summed E-state index contributed by atoms with van der Waals surface area (Å²) in [4.78, 5) is 24.9. The van der Waals surface area contributed by atoms with Gasteiger partial charge in [0.1, 0.15) is 6.54 Å². The van der Waals surface area contributed by atoms with Gasteiger partial charge in [0.05, 0.1) is 11.9 Å². The van der Waals surface area contributed by atoms with Gasteiger partial charge in [0, 0.05) is 26.1 Å². The van der Waals surface area contributed by atoms with Gasteiger partial charge < -0.3 is 4.90 Å². The molecule has 1 aromatic rings. The van der Waals surface area contributed by atoms with Crippen LogP contribution in [0.4, 0.5) is 5.69 Å². The first-order valence-electron chi connectivity index (χ1n) is 5.88. The number of rotatable bonds is 6. The van der Waals surface area contributed by atoms with Crippen molar-refractivity contribution in [1.29, 1.82) is 0 Å². The second-order valence-corrected chi connectivity index (χ2v) is 4.02. The van der Waals surface area contributed by atoms with Crippen molar-refractivity contribution < 1.29 is 4.79 Å². The number of hydrogen-bond donors (Lipinski definition) is 0. The number of carbonyl (C=O) groups is 1. The standard InChI is InChI=1S/C12H19N3O2/c1-4-6-14(3)10-7-12(17)15(13-8-10)9-11(16)5-2/h7-8H,4-6,9H2,1-3H3. The zero-order valence-corrected chi connectivity index (χ0v) is 10.6. The predicted molar refractivity (Wildman–Crippen MR) is 67.4 cm³/mol. The van der Waals surface area contributed by atoms with Crippen LogP contribution < -0.4 is 10.5 Å². The summed E-state index contributed by atoms with van der Waals surface area (Å²) >= 11 is 0. The minimum atomic E-state index is -0.229. The lowest BCUT2D eigenvalue weighted by molar-refractivity contribution is -0.119. The van der Waals surface area contributed by atoms with Gasteiger partial charge in [-0.05, 0) is 6.42 Å². The number of nitrogens with zero attached hydrogens (tertiary/aromatic N) is 3. The molecule has 94 valence electrons. The van der Waals surface area contributed by atoms with Crippen molar-refractivity contribution in [2.75, 3.05) is 18.5 Å². The number of ketones is 1. The van der Waals surface area contributed by atoms with Crippen LogP contribution in [0.5, 0.6) is 0 Å². The molecule has 0 aliphatic rings. The molecule has 5 heteroatoms. The zero-order valence-electron chi connectivity index (χ0n) is 10.6. The highest BCUT2D eigenvalue weighted by atomic mass is 16.1. The Bertz CT molecular complexity index is 440. The van der Waals surface area contributed by atoms with Crippen LogP contribution in [0.1, 0.15) is 26.7 Å². The molecular formula is C12H19N3O2. The van der Waals surface area contributed by atoms with Crippen molar-refractivity contribution in [3.63, 3.8) is 0 Å². The van der Waals surface area contributed by atoms with E-state index in [1.807, 2.05) is 11.9 Å². The fourth-order valence-corrected chi connectivity index (χ4v) is 1.49. The Hall–Kier alpha value is -1.65. The molecule has 0 bridgehead atoms. The van der Waals surface area contributed by atoms with Crippen molar-refractivity contribution in [1.82, 2.24) is 9.78 Å². The molecule has 0 aromatic carbocycles. The Labute approximate surface area is 101 Å².